The van der Waals surface area contributed by atoms with Gasteiger partial charge in [0.05, 0.1) is 6.26 Å². The van der Waals surface area contributed by atoms with Crippen molar-refractivity contribution in [1.82, 2.24) is 4.90 Å². The van der Waals surface area contributed by atoms with Crippen LogP contribution in [-0.2, 0) is 23.9 Å². The Balaban J connectivity index is 0. The van der Waals surface area contributed by atoms with Gasteiger partial charge in [-0.3, -0.25) is 14.5 Å². The Morgan fingerprint density at radius 3 is 1.82 bits per heavy atom. The summed E-state index contributed by atoms with van der Waals surface area (Å²) in [6.07, 6.45) is 10.3. The second kappa shape index (κ2) is 17.4. The van der Waals surface area contributed by atoms with E-state index >= 15 is 0 Å². The molecule has 0 saturated carbocycles. The predicted octanol–water partition coefficient (Wildman–Crippen LogP) is -0.966. The summed E-state index contributed by atoms with van der Waals surface area (Å²) in [5, 5.41) is 11.0. The summed E-state index contributed by atoms with van der Waals surface area (Å²) >= 11 is 0. The molecule has 8 heteroatoms. The molecule has 1 atom stereocenters. The average molecular weight is 401 g/mol. The zero-order chi connectivity index (χ0) is 20.7. The molecule has 1 unspecified atom stereocenters. The van der Waals surface area contributed by atoms with Crippen LogP contribution in [0.1, 0.15) is 58.8 Å². The van der Waals surface area contributed by atoms with Gasteiger partial charge in [-0.25, -0.2) is 4.79 Å². The number of nitrogens with zero attached hydrogens (tertiary/aromatic N) is 1. The van der Waals surface area contributed by atoms with Crippen LogP contribution in [0.5, 0.6) is 0 Å². The van der Waals surface area contributed by atoms with Crippen molar-refractivity contribution in [2.45, 2.75) is 64.8 Å². The van der Waals surface area contributed by atoms with E-state index in [-0.39, 0.29) is 29.6 Å². The van der Waals surface area contributed by atoms with Crippen LogP contribution in [0.2, 0.25) is 0 Å². The molecule has 0 aliphatic carbocycles. The Bertz CT molecular complexity index is 555. The molecule has 2 amide bonds. The van der Waals surface area contributed by atoms with Gasteiger partial charge in [-0.1, -0.05) is 58.3 Å². The maximum atomic E-state index is 12.5. The molecule has 0 radical (unpaired) electrons. The number of amides is 2. The Morgan fingerprint density at radius 2 is 1.46 bits per heavy atom. The van der Waals surface area contributed by atoms with Gasteiger partial charge >= 0.3 is 35.5 Å². The summed E-state index contributed by atoms with van der Waals surface area (Å²) < 4.78 is 4.61. The predicted molar refractivity (Wildman–Crippen MR) is 98.9 cm³/mol. The van der Waals surface area contributed by atoms with Crippen LogP contribution in [0.3, 0.4) is 0 Å². The van der Waals surface area contributed by atoms with Crippen molar-refractivity contribution in [3.05, 3.63) is 37.1 Å². The molecule has 0 aromatic heterocycles. The van der Waals surface area contributed by atoms with Crippen molar-refractivity contribution < 1.29 is 58.6 Å². The van der Waals surface area contributed by atoms with E-state index in [1.165, 1.54) is 0 Å². The van der Waals surface area contributed by atoms with Crippen molar-refractivity contribution in [2.24, 2.45) is 0 Å². The van der Waals surface area contributed by atoms with Gasteiger partial charge in [0.1, 0.15) is 6.04 Å². The number of aliphatic carboxylic acids is 1. The molecule has 0 aromatic carbocycles. The number of esters is 1. The topological polar surface area (TPSA) is 104 Å². The summed E-state index contributed by atoms with van der Waals surface area (Å²) in [6.45, 7) is 7.22. The fourth-order valence-electron chi connectivity index (χ4n) is 2.19. The first-order valence-corrected chi connectivity index (χ1v) is 9.10. The number of allylic oxidation sites excluding steroid dienone is 2. The van der Waals surface area contributed by atoms with Gasteiger partial charge in [0, 0.05) is 12.4 Å². The largest absolute Gasteiger partial charge is 1.00 e. The zero-order valence-electron chi connectivity index (χ0n) is 17.0. The van der Waals surface area contributed by atoms with Gasteiger partial charge in [-0.05, 0) is 25.0 Å². The van der Waals surface area contributed by atoms with Crippen LogP contribution in [0.4, 0.5) is 0 Å². The number of hydrogen-bond acceptors (Lipinski definition) is 6. The van der Waals surface area contributed by atoms with Crippen LogP contribution < -0.4 is 34.7 Å². The summed E-state index contributed by atoms with van der Waals surface area (Å²) in [5.74, 6) is -4.23. The number of ether oxygens (including phenoxy) is 1. The Morgan fingerprint density at radius 1 is 1.00 bits per heavy atom. The van der Waals surface area contributed by atoms with E-state index < -0.39 is 36.2 Å². The van der Waals surface area contributed by atoms with Gasteiger partial charge in [0.25, 0.3) is 11.8 Å². The van der Waals surface area contributed by atoms with E-state index in [1.807, 2.05) is 13.8 Å². The fourth-order valence-corrected chi connectivity index (χ4v) is 2.19. The molecule has 0 aliphatic heterocycles. The Hall–Kier alpha value is -1.70. The molecule has 0 heterocycles. The normalized spacial score (nSPS) is 11.6. The van der Waals surface area contributed by atoms with Crippen molar-refractivity contribution >= 4 is 23.8 Å². The molecule has 0 bridgehead atoms. The van der Waals surface area contributed by atoms with Crippen molar-refractivity contribution in [2.75, 3.05) is 0 Å². The smallest absolute Gasteiger partial charge is 0.550 e. The van der Waals surface area contributed by atoms with Crippen LogP contribution in [-0.4, -0.2) is 34.7 Å². The quantitative estimate of drug-likeness (QED) is 0.129. The first-order valence-electron chi connectivity index (χ1n) is 9.10. The number of carbonyl (C=O) groups is 4. The first kappa shape index (κ1) is 28.5. The molecule has 0 N–H and O–H groups in total. The van der Waals surface area contributed by atoms with Gasteiger partial charge < -0.3 is 14.6 Å². The first-order chi connectivity index (χ1) is 12.9. The summed E-state index contributed by atoms with van der Waals surface area (Å²) in [7, 11) is 0. The van der Waals surface area contributed by atoms with Gasteiger partial charge in [0.15, 0.2) is 0 Å². The molecule has 28 heavy (non-hydrogen) atoms. The molecular weight excluding hydrogens is 373 g/mol. The molecule has 0 saturated heterocycles. The van der Waals surface area contributed by atoms with Crippen LogP contribution >= 0.6 is 0 Å². The van der Waals surface area contributed by atoms with Crippen LogP contribution in [0.25, 0.3) is 0 Å². The second-order valence-corrected chi connectivity index (χ2v) is 5.83. The van der Waals surface area contributed by atoms with Crippen LogP contribution in [0, 0.1) is 0 Å². The zero-order valence-corrected chi connectivity index (χ0v) is 19.0. The number of imide groups is 1. The fraction of sp³-hybridized carbons (Fsp3) is 0.500. The Kier molecular flexibility index (Phi) is 17.7. The van der Waals surface area contributed by atoms with Crippen molar-refractivity contribution in [3.63, 3.8) is 0 Å². The monoisotopic (exact) mass is 401 g/mol. The third-order valence-corrected chi connectivity index (χ3v) is 3.59. The minimum Gasteiger partial charge on any atom is -0.550 e. The molecule has 0 spiro atoms. The van der Waals surface area contributed by atoms with Crippen LogP contribution in [0.15, 0.2) is 37.1 Å². The van der Waals surface area contributed by atoms with E-state index in [0.717, 1.165) is 44.1 Å². The maximum Gasteiger partial charge on any atom is 1.00 e. The van der Waals surface area contributed by atoms with E-state index in [0.29, 0.717) is 17.7 Å². The molecule has 0 rings (SSSR count). The maximum absolute atomic E-state index is 12.5. The summed E-state index contributed by atoms with van der Waals surface area (Å²) in [4.78, 5) is 48.7. The number of unbranched alkanes of at least 4 members (excludes halogenated alkanes) is 4. The van der Waals surface area contributed by atoms with Crippen molar-refractivity contribution in [3.8, 4) is 0 Å². The molecule has 0 aromatic rings. The average Bonchev–Trinajstić information content (AvgIpc) is 2.61. The summed E-state index contributed by atoms with van der Waals surface area (Å²) in [6, 6.07) is -1.64. The molecule has 150 valence electrons. The summed E-state index contributed by atoms with van der Waals surface area (Å²) in [5.41, 5.74) is 0. The number of hydrogen-bond donors (Lipinski definition) is 0. The number of carbonyl (C=O) groups excluding carboxylic acids is 4. The Labute approximate surface area is 188 Å². The van der Waals surface area contributed by atoms with Crippen molar-refractivity contribution in [1.29, 1.82) is 0 Å². The van der Waals surface area contributed by atoms with Gasteiger partial charge in [-0.15, -0.1) is 0 Å². The molecule has 7 nitrogen and oxygen atoms in total. The SMILES string of the molecule is C=COC(=O)C(CC(=O)[O-])N(C(=O)/C=C/CCCC)C(=O)/C=C/CCCC.[Na+]. The second-order valence-electron chi connectivity index (χ2n) is 5.83. The standard InChI is InChI=1S/C20H29NO6.Na/c1-4-7-9-11-13-17(22)21(18(23)14-12-10-8-5-2)16(15-19(24)25)20(26)27-6-3;/h6,11-14,16H,3-5,7-10,15H2,1-2H3,(H,24,25);/q;+1/p-1/b13-11+,14-12+;. The molecular formula is C20H28NNaO6. The minimum atomic E-state index is -1.64. The third-order valence-electron chi connectivity index (χ3n) is 3.59. The van der Waals surface area contributed by atoms with E-state index in [2.05, 4.69) is 11.3 Å². The minimum absolute atomic E-state index is 0. The third kappa shape index (κ3) is 11.9. The number of carboxylic acids is 1. The van der Waals surface area contributed by atoms with E-state index in [1.54, 1.807) is 12.2 Å². The number of carboxylic acid groups (broad SMARTS) is 1. The number of rotatable bonds is 13. The van der Waals surface area contributed by atoms with E-state index in [9.17, 15) is 24.3 Å². The van der Waals surface area contributed by atoms with Gasteiger partial charge in [0.2, 0.25) is 0 Å². The van der Waals surface area contributed by atoms with Gasteiger partial charge in [-0.2, -0.15) is 0 Å². The van der Waals surface area contributed by atoms with E-state index in [4.69, 9.17) is 0 Å². The molecule has 0 aliphatic rings. The molecule has 0 fully saturated rings.